The second-order valence-electron chi connectivity index (χ2n) is 9.23. The summed E-state index contributed by atoms with van der Waals surface area (Å²) in [6.07, 6.45) is 14.4. The average molecular weight is 491 g/mol. The largest absolute Gasteiger partial charge is 0.256 e. The van der Waals surface area contributed by atoms with Gasteiger partial charge in [0.2, 0.25) is 0 Å². The number of thiophene rings is 1. The molecule has 2 aliphatic rings. The Labute approximate surface area is 217 Å². The van der Waals surface area contributed by atoms with Gasteiger partial charge >= 0.3 is 0 Å². The maximum atomic E-state index is 9.46. The maximum Gasteiger partial charge on any atom is 0.0992 e. The highest BCUT2D eigenvalue weighted by molar-refractivity contribution is 7.20. The zero-order chi connectivity index (χ0) is 24.9. The number of hydrogen-bond acceptors (Lipinski definition) is 5. The Kier molecular flexibility index (Phi) is 4.86. The summed E-state index contributed by atoms with van der Waals surface area (Å²) in [6, 6.07) is 22.4. The molecule has 0 bridgehead atoms. The van der Waals surface area contributed by atoms with Gasteiger partial charge < -0.3 is 0 Å². The van der Waals surface area contributed by atoms with Crippen LogP contribution in [0.5, 0.6) is 0 Å². The molecule has 0 saturated heterocycles. The molecule has 7 rings (SSSR count). The minimum absolute atomic E-state index is 0.143. The minimum Gasteiger partial charge on any atom is -0.256 e. The fourth-order valence-corrected chi connectivity index (χ4v) is 6.89. The molecule has 0 spiro atoms. The quantitative estimate of drug-likeness (QED) is 0.255. The van der Waals surface area contributed by atoms with Crippen LogP contribution in [0.1, 0.15) is 33.2 Å². The van der Waals surface area contributed by atoms with E-state index in [-0.39, 0.29) is 11.8 Å². The molecule has 2 atom stereocenters. The zero-order valence-corrected chi connectivity index (χ0v) is 20.4. The second-order valence-corrected chi connectivity index (χ2v) is 10.3. The van der Waals surface area contributed by atoms with Gasteiger partial charge in [-0.05, 0) is 58.3 Å². The Balaban J connectivity index is 1.53. The summed E-state index contributed by atoms with van der Waals surface area (Å²) in [4.78, 5) is 10.5. The van der Waals surface area contributed by atoms with Crippen molar-refractivity contribution in [1.29, 1.82) is 10.5 Å². The molecule has 2 aliphatic carbocycles. The molecule has 2 aromatic carbocycles. The van der Waals surface area contributed by atoms with Crippen molar-refractivity contribution in [3.63, 3.8) is 0 Å². The van der Waals surface area contributed by atoms with E-state index in [1.165, 1.54) is 25.9 Å². The summed E-state index contributed by atoms with van der Waals surface area (Å²) in [5, 5.41) is 22.5. The lowest BCUT2D eigenvalue weighted by atomic mass is 9.73. The SMILES string of the molecule is N#Cc1ccnc(C2=Cc3sc4cc(-c5cc(C#N)ccn5)c5ccccc5c4c3C3C=CC=CC23)c1. The molecule has 5 aromatic rings. The molecule has 0 N–H and O–H groups in total. The van der Waals surface area contributed by atoms with Crippen LogP contribution in [0, 0.1) is 28.6 Å². The third kappa shape index (κ3) is 3.33. The van der Waals surface area contributed by atoms with Gasteiger partial charge in [0.05, 0.1) is 34.7 Å². The molecule has 0 saturated carbocycles. The first kappa shape index (κ1) is 21.4. The number of pyridine rings is 2. The van der Waals surface area contributed by atoms with Crippen LogP contribution in [0.3, 0.4) is 0 Å². The highest BCUT2D eigenvalue weighted by atomic mass is 32.1. The van der Waals surface area contributed by atoms with Crippen LogP contribution < -0.4 is 0 Å². The summed E-state index contributed by atoms with van der Waals surface area (Å²) >= 11 is 1.78. The highest BCUT2D eigenvalue weighted by Gasteiger charge is 2.34. The van der Waals surface area contributed by atoms with Crippen molar-refractivity contribution in [2.45, 2.75) is 5.92 Å². The standard InChI is InChI=1S/C32H18N4S/c33-17-19-9-11-35-27(13-19)25-15-29-31(23-7-3-1-5-21(23)25)32-24-8-4-2-6-22(24)26(16-30(32)37-29)28-14-20(18-34)10-12-36-28/h1-16,21,23H. The van der Waals surface area contributed by atoms with E-state index in [9.17, 15) is 10.5 Å². The van der Waals surface area contributed by atoms with Crippen molar-refractivity contribution >= 4 is 43.8 Å². The van der Waals surface area contributed by atoms with Crippen molar-refractivity contribution in [2.24, 2.45) is 5.92 Å². The molecule has 4 nitrogen and oxygen atoms in total. The van der Waals surface area contributed by atoms with Gasteiger partial charge in [-0.15, -0.1) is 11.3 Å². The van der Waals surface area contributed by atoms with E-state index in [0.717, 1.165) is 27.9 Å². The topological polar surface area (TPSA) is 73.4 Å². The van der Waals surface area contributed by atoms with Crippen LogP contribution in [0.4, 0.5) is 0 Å². The van der Waals surface area contributed by atoms with Gasteiger partial charge in [0.25, 0.3) is 0 Å². The summed E-state index contributed by atoms with van der Waals surface area (Å²) in [5.41, 5.74) is 6.36. The third-order valence-corrected chi connectivity index (χ3v) is 8.33. The molecule has 0 amide bonds. The Morgan fingerprint density at radius 2 is 1.43 bits per heavy atom. The van der Waals surface area contributed by atoms with E-state index in [2.05, 4.69) is 82.8 Å². The monoisotopic (exact) mass is 490 g/mol. The van der Waals surface area contributed by atoms with Crippen molar-refractivity contribution in [1.82, 2.24) is 9.97 Å². The summed E-state index contributed by atoms with van der Waals surface area (Å²) in [7, 11) is 0. The first-order valence-electron chi connectivity index (χ1n) is 12.0. The molecule has 3 aromatic heterocycles. The van der Waals surface area contributed by atoms with Crippen LogP contribution in [-0.4, -0.2) is 9.97 Å². The van der Waals surface area contributed by atoms with Gasteiger partial charge in [-0.2, -0.15) is 10.5 Å². The molecular weight excluding hydrogens is 472 g/mol. The molecule has 5 heteroatoms. The lowest BCUT2D eigenvalue weighted by Gasteiger charge is -2.31. The summed E-state index contributed by atoms with van der Waals surface area (Å²) in [5.74, 6) is 0.319. The van der Waals surface area contributed by atoms with Crippen molar-refractivity contribution in [3.8, 4) is 23.4 Å². The van der Waals surface area contributed by atoms with Crippen molar-refractivity contribution < 1.29 is 0 Å². The number of aromatic nitrogens is 2. The fraction of sp³-hybridized carbons (Fsp3) is 0.0625. The van der Waals surface area contributed by atoms with E-state index >= 15 is 0 Å². The number of nitrogens with zero attached hydrogens (tertiary/aromatic N) is 4. The van der Waals surface area contributed by atoms with Crippen LogP contribution in [-0.2, 0) is 0 Å². The fourth-order valence-electron chi connectivity index (χ4n) is 5.62. The van der Waals surface area contributed by atoms with Crippen molar-refractivity contribution in [2.75, 3.05) is 0 Å². The Bertz CT molecular complexity index is 1930. The van der Waals surface area contributed by atoms with Crippen LogP contribution >= 0.6 is 11.3 Å². The number of nitriles is 2. The molecule has 3 heterocycles. The molecule has 172 valence electrons. The average Bonchev–Trinajstić information content (AvgIpc) is 3.35. The summed E-state index contributed by atoms with van der Waals surface area (Å²) in [6.45, 7) is 0. The van der Waals surface area contributed by atoms with E-state index in [4.69, 9.17) is 0 Å². The van der Waals surface area contributed by atoms with E-state index < -0.39 is 0 Å². The molecule has 0 aliphatic heterocycles. The number of hydrogen-bond donors (Lipinski definition) is 0. The number of rotatable bonds is 2. The van der Waals surface area contributed by atoms with Crippen molar-refractivity contribution in [3.05, 3.63) is 119 Å². The van der Waals surface area contributed by atoms with E-state index in [1.807, 2.05) is 12.1 Å². The lowest BCUT2D eigenvalue weighted by molar-refractivity contribution is 0.715. The predicted octanol–water partition coefficient (Wildman–Crippen LogP) is 7.63. The molecular formula is C32H18N4S. The first-order chi connectivity index (χ1) is 18.2. The number of fused-ring (bicyclic) bond motifs is 7. The molecule has 2 unspecified atom stereocenters. The maximum absolute atomic E-state index is 9.46. The van der Waals surface area contributed by atoms with Gasteiger partial charge in [0.15, 0.2) is 0 Å². The van der Waals surface area contributed by atoms with E-state index in [0.29, 0.717) is 11.1 Å². The smallest absolute Gasteiger partial charge is 0.0992 e. The summed E-state index contributed by atoms with van der Waals surface area (Å²) < 4.78 is 1.20. The first-order valence-corrected chi connectivity index (χ1v) is 12.8. The number of benzene rings is 2. The van der Waals surface area contributed by atoms with Gasteiger partial charge in [-0.25, -0.2) is 0 Å². The molecule has 0 radical (unpaired) electrons. The third-order valence-electron chi connectivity index (χ3n) is 7.23. The molecule has 0 fully saturated rings. The zero-order valence-electron chi connectivity index (χ0n) is 19.6. The van der Waals surface area contributed by atoms with Crippen LogP contribution in [0.25, 0.3) is 43.8 Å². The number of allylic oxidation sites excluding steroid dienone is 5. The normalized spacial score (nSPS) is 17.6. The van der Waals surface area contributed by atoms with Gasteiger partial charge in [-0.3, -0.25) is 9.97 Å². The van der Waals surface area contributed by atoms with Gasteiger partial charge in [-0.1, -0.05) is 48.6 Å². The Morgan fingerprint density at radius 3 is 2.19 bits per heavy atom. The van der Waals surface area contributed by atoms with Gasteiger partial charge in [0.1, 0.15) is 0 Å². The predicted molar refractivity (Wildman–Crippen MR) is 149 cm³/mol. The second kappa shape index (κ2) is 8.38. The minimum atomic E-state index is 0.143. The Morgan fingerprint density at radius 1 is 0.757 bits per heavy atom. The lowest BCUT2D eigenvalue weighted by Crippen LogP contribution is -2.17. The Hall–Kier alpha value is -4.84. The molecule has 37 heavy (non-hydrogen) atoms. The van der Waals surface area contributed by atoms with Crippen LogP contribution in [0.2, 0.25) is 0 Å². The highest BCUT2D eigenvalue weighted by Crippen LogP contribution is 2.52. The van der Waals surface area contributed by atoms with Crippen LogP contribution in [0.15, 0.2) is 91.3 Å². The van der Waals surface area contributed by atoms with E-state index in [1.54, 1.807) is 35.9 Å². The van der Waals surface area contributed by atoms with Gasteiger partial charge in [0, 0.05) is 44.8 Å².